The van der Waals surface area contributed by atoms with Gasteiger partial charge in [0.2, 0.25) is 0 Å². The van der Waals surface area contributed by atoms with Gasteiger partial charge in [-0.1, -0.05) is 25.4 Å². The van der Waals surface area contributed by atoms with Crippen molar-refractivity contribution in [2.75, 3.05) is 5.32 Å². The smallest absolute Gasteiger partial charge is 0.135 e. The van der Waals surface area contributed by atoms with Crippen LogP contribution >= 0.6 is 11.6 Å². The zero-order valence-electron chi connectivity index (χ0n) is 11.7. The topological polar surface area (TPSA) is 37.8 Å². The highest BCUT2D eigenvalue weighted by Crippen LogP contribution is 2.39. The molecule has 104 valence electrons. The van der Waals surface area contributed by atoms with Gasteiger partial charge in [-0.05, 0) is 43.9 Å². The van der Waals surface area contributed by atoms with E-state index < -0.39 is 0 Å². The fraction of sp³-hybridized carbons (Fsp3) is 0.733. The molecule has 2 aliphatic carbocycles. The molecule has 3 unspecified atom stereocenters. The van der Waals surface area contributed by atoms with Crippen molar-refractivity contribution in [1.82, 2.24) is 9.97 Å². The molecule has 0 spiro atoms. The van der Waals surface area contributed by atoms with Gasteiger partial charge in [0, 0.05) is 18.0 Å². The fourth-order valence-corrected chi connectivity index (χ4v) is 3.29. The molecule has 2 saturated carbocycles. The second-order valence-corrected chi connectivity index (χ2v) is 6.74. The molecule has 2 aliphatic rings. The van der Waals surface area contributed by atoms with E-state index in [0.717, 1.165) is 17.6 Å². The minimum atomic E-state index is 0.522. The number of anilines is 1. The summed E-state index contributed by atoms with van der Waals surface area (Å²) in [5.74, 6) is 3.93. The zero-order valence-corrected chi connectivity index (χ0v) is 12.5. The fourth-order valence-electron chi connectivity index (χ4n) is 3.10. The molecule has 0 aliphatic heterocycles. The van der Waals surface area contributed by atoms with Crippen molar-refractivity contribution in [2.24, 2.45) is 11.8 Å². The first-order valence-corrected chi connectivity index (χ1v) is 7.80. The summed E-state index contributed by atoms with van der Waals surface area (Å²) >= 11 is 6.11. The average molecular weight is 280 g/mol. The van der Waals surface area contributed by atoms with Crippen LogP contribution in [0.3, 0.4) is 0 Å². The summed E-state index contributed by atoms with van der Waals surface area (Å²) in [6, 6.07) is 2.38. The quantitative estimate of drug-likeness (QED) is 0.841. The van der Waals surface area contributed by atoms with Crippen LogP contribution in [-0.4, -0.2) is 16.0 Å². The largest absolute Gasteiger partial charge is 0.367 e. The molecular formula is C15H22ClN3. The number of nitrogens with one attached hydrogen (secondary N) is 1. The Balaban J connectivity index is 1.72. The van der Waals surface area contributed by atoms with Crippen LogP contribution in [0.25, 0.3) is 0 Å². The predicted molar refractivity (Wildman–Crippen MR) is 78.6 cm³/mol. The molecule has 0 saturated heterocycles. The van der Waals surface area contributed by atoms with E-state index in [0.29, 0.717) is 23.0 Å². The maximum absolute atomic E-state index is 6.11. The van der Waals surface area contributed by atoms with Crippen molar-refractivity contribution < 1.29 is 0 Å². The van der Waals surface area contributed by atoms with Gasteiger partial charge in [0.25, 0.3) is 0 Å². The van der Waals surface area contributed by atoms with E-state index in [1.807, 2.05) is 6.07 Å². The molecule has 1 aromatic heterocycles. The monoisotopic (exact) mass is 279 g/mol. The Bertz CT molecular complexity index is 459. The van der Waals surface area contributed by atoms with Gasteiger partial charge in [-0.3, -0.25) is 0 Å². The summed E-state index contributed by atoms with van der Waals surface area (Å²) in [5.41, 5.74) is 0. The van der Waals surface area contributed by atoms with E-state index >= 15 is 0 Å². The van der Waals surface area contributed by atoms with Crippen LogP contribution in [0.5, 0.6) is 0 Å². The van der Waals surface area contributed by atoms with Gasteiger partial charge in [-0.2, -0.15) is 0 Å². The minimum absolute atomic E-state index is 0.522. The summed E-state index contributed by atoms with van der Waals surface area (Å²) in [5, 5.41) is 4.15. The minimum Gasteiger partial charge on any atom is -0.367 e. The maximum atomic E-state index is 6.11. The number of aromatic nitrogens is 2. The van der Waals surface area contributed by atoms with E-state index in [2.05, 4.69) is 29.1 Å². The number of nitrogens with zero attached hydrogens (tertiary/aromatic N) is 2. The van der Waals surface area contributed by atoms with Crippen LogP contribution in [0, 0.1) is 11.8 Å². The highest BCUT2D eigenvalue weighted by Gasteiger charge is 2.29. The van der Waals surface area contributed by atoms with Crippen LogP contribution in [0.1, 0.15) is 57.7 Å². The summed E-state index contributed by atoms with van der Waals surface area (Å²) in [6.45, 7) is 4.68. The molecule has 0 amide bonds. The third-order valence-electron chi connectivity index (χ3n) is 4.42. The van der Waals surface area contributed by atoms with E-state index in [1.54, 1.807) is 0 Å². The predicted octanol–water partition coefficient (Wildman–Crippen LogP) is 4.24. The molecule has 1 N–H and O–H groups in total. The van der Waals surface area contributed by atoms with Gasteiger partial charge in [-0.15, -0.1) is 0 Å². The van der Waals surface area contributed by atoms with E-state index in [-0.39, 0.29) is 0 Å². The van der Waals surface area contributed by atoms with Gasteiger partial charge < -0.3 is 5.32 Å². The summed E-state index contributed by atoms with van der Waals surface area (Å²) in [4.78, 5) is 8.97. The summed E-state index contributed by atoms with van der Waals surface area (Å²) in [7, 11) is 0. The molecule has 0 aromatic carbocycles. The van der Waals surface area contributed by atoms with E-state index in [4.69, 9.17) is 11.6 Å². The molecule has 0 radical (unpaired) electrons. The van der Waals surface area contributed by atoms with Gasteiger partial charge in [0.1, 0.15) is 16.8 Å². The molecule has 0 bridgehead atoms. The first kappa shape index (κ1) is 13.2. The first-order valence-electron chi connectivity index (χ1n) is 7.43. The second kappa shape index (κ2) is 5.28. The number of hydrogen-bond acceptors (Lipinski definition) is 3. The normalized spacial score (nSPS) is 31.2. The molecular weight excluding hydrogens is 258 g/mol. The van der Waals surface area contributed by atoms with Gasteiger partial charge >= 0.3 is 0 Å². The number of rotatable bonds is 3. The lowest BCUT2D eigenvalue weighted by molar-refractivity contribution is 0.276. The SMILES string of the molecule is CC1CCC(Nc2cc(Cl)nc(C3CC3)n2)C(C)C1. The molecule has 1 aromatic rings. The third-order valence-corrected chi connectivity index (χ3v) is 4.61. The molecule has 19 heavy (non-hydrogen) atoms. The highest BCUT2D eigenvalue weighted by molar-refractivity contribution is 6.29. The summed E-state index contributed by atoms with van der Waals surface area (Å²) in [6.07, 6.45) is 6.24. The first-order chi connectivity index (χ1) is 9.11. The Hall–Kier alpha value is -0.830. The average Bonchev–Trinajstić information content (AvgIpc) is 3.16. The van der Waals surface area contributed by atoms with E-state index in [9.17, 15) is 0 Å². The lowest BCUT2D eigenvalue weighted by atomic mass is 9.80. The molecule has 3 atom stereocenters. The lowest BCUT2D eigenvalue weighted by Gasteiger charge is -2.33. The van der Waals surface area contributed by atoms with Crippen molar-refractivity contribution in [1.29, 1.82) is 0 Å². The molecule has 3 nitrogen and oxygen atoms in total. The molecule has 3 rings (SSSR count). The standard InChI is InChI=1S/C15H22ClN3/c1-9-3-6-12(10(2)7-9)17-14-8-13(16)18-15(19-14)11-4-5-11/h8-12H,3-7H2,1-2H3,(H,17,18,19). The lowest BCUT2D eigenvalue weighted by Crippen LogP contribution is -2.33. The number of halogens is 1. The Morgan fingerprint density at radius 3 is 2.63 bits per heavy atom. The Labute approximate surface area is 120 Å². The van der Waals surface area contributed by atoms with Crippen LogP contribution in [0.4, 0.5) is 5.82 Å². The highest BCUT2D eigenvalue weighted by atomic mass is 35.5. The van der Waals surface area contributed by atoms with Gasteiger partial charge in [-0.25, -0.2) is 9.97 Å². The Kier molecular flexibility index (Phi) is 3.66. The van der Waals surface area contributed by atoms with E-state index in [1.165, 1.54) is 32.1 Å². The van der Waals surface area contributed by atoms with Crippen LogP contribution in [0.2, 0.25) is 5.15 Å². The second-order valence-electron chi connectivity index (χ2n) is 6.35. The Morgan fingerprint density at radius 2 is 1.95 bits per heavy atom. The van der Waals surface area contributed by atoms with Gasteiger partial charge in [0.15, 0.2) is 0 Å². The third kappa shape index (κ3) is 3.19. The zero-order chi connectivity index (χ0) is 13.4. The van der Waals surface area contributed by atoms with Crippen molar-refractivity contribution in [3.05, 3.63) is 17.0 Å². The maximum Gasteiger partial charge on any atom is 0.135 e. The molecule has 4 heteroatoms. The van der Waals surface area contributed by atoms with Crippen molar-refractivity contribution in [3.63, 3.8) is 0 Å². The van der Waals surface area contributed by atoms with Crippen LogP contribution in [-0.2, 0) is 0 Å². The summed E-state index contributed by atoms with van der Waals surface area (Å²) < 4.78 is 0. The van der Waals surface area contributed by atoms with Crippen molar-refractivity contribution in [3.8, 4) is 0 Å². The van der Waals surface area contributed by atoms with Crippen molar-refractivity contribution >= 4 is 17.4 Å². The van der Waals surface area contributed by atoms with Crippen LogP contribution < -0.4 is 5.32 Å². The number of hydrogen-bond donors (Lipinski definition) is 1. The van der Waals surface area contributed by atoms with Crippen molar-refractivity contribution in [2.45, 2.75) is 57.9 Å². The van der Waals surface area contributed by atoms with Crippen LogP contribution in [0.15, 0.2) is 6.07 Å². The molecule has 2 fully saturated rings. The Morgan fingerprint density at radius 1 is 1.16 bits per heavy atom. The molecule has 1 heterocycles. The van der Waals surface area contributed by atoms with Gasteiger partial charge in [0.05, 0.1) is 0 Å².